The molecular formula is C6H2BrClN2O. The van der Waals surface area contributed by atoms with Crippen LogP contribution in [0.1, 0.15) is 0 Å². The molecule has 0 saturated carbocycles. The third-order valence-corrected chi connectivity index (χ3v) is 2.49. The first kappa shape index (κ1) is 7.06. The van der Waals surface area contributed by atoms with Gasteiger partial charge in [0, 0.05) is 4.47 Å². The van der Waals surface area contributed by atoms with Crippen LogP contribution in [0, 0.1) is 0 Å². The number of hydrogen-bond donors (Lipinski definition) is 0. The summed E-state index contributed by atoms with van der Waals surface area (Å²) in [7, 11) is 0. The summed E-state index contributed by atoms with van der Waals surface area (Å²) >= 11 is 9.05. The van der Waals surface area contributed by atoms with Crippen LogP contribution >= 0.6 is 27.5 Å². The summed E-state index contributed by atoms with van der Waals surface area (Å²) < 4.78 is 5.29. The highest BCUT2D eigenvalue weighted by atomic mass is 79.9. The van der Waals surface area contributed by atoms with Gasteiger partial charge < -0.3 is 0 Å². The lowest BCUT2D eigenvalue weighted by molar-refractivity contribution is 0.315. The smallest absolute Gasteiger partial charge is 0.136 e. The summed E-state index contributed by atoms with van der Waals surface area (Å²) in [5.41, 5.74) is 1.36. The summed E-state index contributed by atoms with van der Waals surface area (Å²) in [6.45, 7) is 0. The van der Waals surface area contributed by atoms with Crippen LogP contribution in [-0.4, -0.2) is 10.3 Å². The third-order valence-electron chi connectivity index (χ3n) is 1.30. The van der Waals surface area contributed by atoms with Crippen LogP contribution in [0.25, 0.3) is 11.0 Å². The molecule has 0 unspecified atom stereocenters. The molecule has 1 heterocycles. The highest BCUT2D eigenvalue weighted by Gasteiger charge is 2.03. The minimum absolute atomic E-state index is 0.605. The number of rotatable bonds is 0. The monoisotopic (exact) mass is 232 g/mol. The zero-order chi connectivity index (χ0) is 7.84. The summed E-state index contributed by atoms with van der Waals surface area (Å²) in [6, 6.07) is 3.45. The van der Waals surface area contributed by atoms with Gasteiger partial charge in [-0.1, -0.05) is 11.6 Å². The van der Waals surface area contributed by atoms with E-state index in [1.54, 1.807) is 12.1 Å². The van der Waals surface area contributed by atoms with Crippen molar-refractivity contribution in [2.45, 2.75) is 0 Å². The Morgan fingerprint density at radius 3 is 2.64 bits per heavy atom. The molecule has 0 amide bonds. The van der Waals surface area contributed by atoms with Crippen molar-refractivity contribution in [2.75, 3.05) is 0 Å². The standard InChI is InChI=1S/C6H2BrClN2O/c7-3-1-5-6(2-4(3)8)10-11-9-5/h1-2H. The lowest BCUT2D eigenvalue weighted by Crippen LogP contribution is -1.71. The van der Waals surface area contributed by atoms with Gasteiger partial charge in [0.25, 0.3) is 0 Å². The number of hydrogen-bond acceptors (Lipinski definition) is 3. The second kappa shape index (κ2) is 2.46. The molecule has 1 aromatic heterocycles. The van der Waals surface area contributed by atoms with E-state index in [2.05, 4.69) is 30.9 Å². The molecular weight excluding hydrogens is 231 g/mol. The molecule has 1 aromatic carbocycles. The second-order valence-electron chi connectivity index (χ2n) is 2.02. The van der Waals surface area contributed by atoms with Gasteiger partial charge >= 0.3 is 0 Å². The molecule has 0 radical (unpaired) electrons. The van der Waals surface area contributed by atoms with Crippen LogP contribution in [0.4, 0.5) is 0 Å². The number of benzene rings is 1. The number of aromatic nitrogens is 2. The topological polar surface area (TPSA) is 38.9 Å². The molecule has 2 rings (SSSR count). The molecule has 56 valence electrons. The fourth-order valence-electron chi connectivity index (χ4n) is 0.780. The first-order valence-electron chi connectivity index (χ1n) is 2.85. The summed E-state index contributed by atoms with van der Waals surface area (Å²) in [5.74, 6) is 0. The van der Waals surface area contributed by atoms with E-state index in [1.807, 2.05) is 0 Å². The molecule has 0 aliphatic carbocycles. The van der Waals surface area contributed by atoms with Crippen LogP contribution in [0.5, 0.6) is 0 Å². The highest BCUT2D eigenvalue weighted by molar-refractivity contribution is 9.10. The summed E-state index contributed by atoms with van der Waals surface area (Å²) in [5, 5.41) is 7.88. The first-order chi connectivity index (χ1) is 5.27. The number of fused-ring (bicyclic) bond motifs is 1. The fourth-order valence-corrected chi connectivity index (χ4v) is 1.27. The Kier molecular flexibility index (Phi) is 1.58. The van der Waals surface area contributed by atoms with Crippen molar-refractivity contribution in [1.29, 1.82) is 0 Å². The Balaban J connectivity index is 2.86. The van der Waals surface area contributed by atoms with E-state index in [0.717, 1.165) is 4.47 Å². The molecule has 0 aliphatic heterocycles. The van der Waals surface area contributed by atoms with Gasteiger partial charge in [0.2, 0.25) is 0 Å². The maximum absolute atomic E-state index is 5.79. The van der Waals surface area contributed by atoms with Gasteiger partial charge in [0.05, 0.1) is 5.02 Å². The van der Waals surface area contributed by atoms with Crippen LogP contribution in [0.2, 0.25) is 5.02 Å². The van der Waals surface area contributed by atoms with Crippen molar-refractivity contribution in [3.63, 3.8) is 0 Å². The quantitative estimate of drug-likeness (QED) is 0.702. The van der Waals surface area contributed by atoms with Gasteiger partial charge in [0.1, 0.15) is 11.0 Å². The van der Waals surface area contributed by atoms with E-state index in [-0.39, 0.29) is 0 Å². The number of nitrogens with zero attached hydrogens (tertiary/aromatic N) is 2. The summed E-state index contributed by atoms with van der Waals surface area (Å²) in [6.07, 6.45) is 0. The van der Waals surface area contributed by atoms with Crippen molar-refractivity contribution in [3.05, 3.63) is 21.6 Å². The Bertz CT molecular complexity index is 364. The average molecular weight is 233 g/mol. The average Bonchev–Trinajstić information content (AvgIpc) is 2.36. The normalized spacial score (nSPS) is 10.7. The highest BCUT2D eigenvalue weighted by Crippen LogP contribution is 2.25. The van der Waals surface area contributed by atoms with E-state index < -0.39 is 0 Å². The molecule has 5 heteroatoms. The molecule has 0 saturated heterocycles. The zero-order valence-corrected chi connectivity index (χ0v) is 7.56. The van der Waals surface area contributed by atoms with Gasteiger partial charge in [-0.2, -0.15) is 0 Å². The molecule has 2 aromatic rings. The first-order valence-corrected chi connectivity index (χ1v) is 4.02. The number of halogens is 2. The van der Waals surface area contributed by atoms with Crippen molar-refractivity contribution in [3.8, 4) is 0 Å². The third kappa shape index (κ3) is 1.12. The van der Waals surface area contributed by atoms with E-state index in [9.17, 15) is 0 Å². The molecule has 0 atom stereocenters. The predicted octanol–water partition coefficient (Wildman–Crippen LogP) is 2.64. The van der Waals surface area contributed by atoms with Gasteiger partial charge in [-0.15, -0.1) is 0 Å². The maximum atomic E-state index is 5.79. The molecule has 0 bridgehead atoms. The predicted molar refractivity (Wildman–Crippen MR) is 44.5 cm³/mol. The molecule has 11 heavy (non-hydrogen) atoms. The fraction of sp³-hybridized carbons (Fsp3) is 0. The Hall–Kier alpha value is -0.610. The van der Waals surface area contributed by atoms with Gasteiger partial charge in [0.15, 0.2) is 0 Å². The van der Waals surface area contributed by atoms with Crippen LogP contribution < -0.4 is 0 Å². The maximum Gasteiger partial charge on any atom is 0.136 e. The Morgan fingerprint density at radius 1 is 1.27 bits per heavy atom. The van der Waals surface area contributed by atoms with E-state index in [4.69, 9.17) is 11.6 Å². The van der Waals surface area contributed by atoms with Gasteiger partial charge in [-0.25, -0.2) is 4.63 Å². The van der Waals surface area contributed by atoms with E-state index in [1.165, 1.54) is 0 Å². The van der Waals surface area contributed by atoms with E-state index in [0.29, 0.717) is 16.1 Å². The van der Waals surface area contributed by atoms with Crippen LogP contribution in [0.15, 0.2) is 21.2 Å². The van der Waals surface area contributed by atoms with Crippen molar-refractivity contribution in [1.82, 2.24) is 10.3 Å². The minimum atomic E-state index is 0.605. The molecule has 0 fully saturated rings. The Morgan fingerprint density at radius 2 is 1.91 bits per heavy atom. The second-order valence-corrected chi connectivity index (χ2v) is 3.28. The molecule has 0 N–H and O–H groups in total. The summed E-state index contributed by atoms with van der Waals surface area (Å²) in [4.78, 5) is 0. The van der Waals surface area contributed by atoms with E-state index >= 15 is 0 Å². The lowest BCUT2D eigenvalue weighted by atomic mass is 10.3. The molecule has 0 spiro atoms. The van der Waals surface area contributed by atoms with Gasteiger partial charge in [-0.05, 0) is 38.4 Å². The Labute approximate surface area is 75.4 Å². The lowest BCUT2D eigenvalue weighted by Gasteiger charge is -1.90. The SMILES string of the molecule is Clc1cc2nonc2cc1Br. The molecule has 3 nitrogen and oxygen atoms in total. The largest absolute Gasteiger partial charge is 0.243 e. The zero-order valence-electron chi connectivity index (χ0n) is 5.21. The van der Waals surface area contributed by atoms with Crippen LogP contribution in [-0.2, 0) is 0 Å². The van der Waals surface area contributed by atoms with Crippen LogP contribution in [0.3, 0.4) is 0 Å². The van der Waals surface area contributed by atoms with Crippen molar-refractivity contribution in [2.24, 2.45) is 0 Å². The minimum Gasteiger partial charge on any atom is -0.243 e. The molecule has 0 aliphatic rings. The van der Waals surface area contributed by atoms with Gasteiger partial charge in [-0.3, -0.25) is 0 Å². The van der Waals surface area contributed by atoms with Crippen molar-refractivity contribution < 1.29 is 4.63 Å². The van der Waals surface area contributed by atoms with Crippen molar-refractivity contribution >= 4 is 38.6 Å².